The number of halogens is 1. The van der Waals surface area contributed by atoms with Gasteiger partial charge in [-0.25, -0.2) is 9.07 Å². The van der Waals surface area contributed by atoms with E-state index in [1.807, 2.05) is 0 Å². The van der Waals surface area contributed by atoms with Crippen LogP contribution in [-0.4, -0.2) is 41.7 Å². The number of nitrogens with zero attached hydrogens (tertiary/aromatic N) is 3. The van der Waals surface area contributed by atoms with E-state index in [-0.39, 0.29) is 11.7 Å². The quantitative estimate of drug-likeness (QED) is 0.919. The van der Waals surface area contributed by atoms with Gasteiger partial charge in [0.1, 0.15) is 5.82 Å². The number of amides is 1. The maximum absolute atomic E-state index is 13.9. The van der Waals surface area contributed by atoms with Crippen molar-refractivity contribution in [1.29, 1.82) is 0 Å². The molecule has 1 N–H and O–H groups in total. The molecule has 1 aromatic heterocycles. The number of benzene rings is 1. The molecule has 0 saturated carbocycles. The monoisotopic (exact) mass is 276 g/mol. The molecule has 1 aromatic carbocycles. The van der Waals surface area contributed by atoms with Crippen molar-refractivity contribution in [3.05, 3.63) is 47.5 Å². The van der Waals surface area contributed by atoms with Gasteiger partial charge in [0.2, 0.25) is 0 Å². The van der Waals surface area contributed by atoms with E-state index in [4.69, 9.17) is 0 Å². The first-order chi connectivity index (χ1) is 9.54. The third kappa shape index (κ3) is 2.70. The summed E-state index contributed by atoms with van der Waals surface area (Å²) in [5, 5.41) is 7.14. The molecule has 0 atom stereocenters. The number of nitrogens with one attached hydrogen (secondary N) is 1. The molecule has 1 amide bonds. The molecule has 0 unspecified atom stereocenters. The molecule has 2 aromatic rings. The number of carbonyl (C=O) groups is 1. The molecule has 1 heterocycles. The van der Waals surface area contributed by atoms with Crippen LogP contribution < -0.4 is 5.32 Å². The summed E-state index contributed by atoms with van der Waals surface area (Å²) >= 11 is 0. The van der Waals surface area contributed by atoms with Crippen molar-refractivity contribution in [3.63, 3.8) is 0 Å². The molecule has 0 spiro atoms. The van der Waals surface area contributed by atoms with Gasteiger partial charge in [-0.1, -0.05) is 6.07 Å². The first-order valence-corrected chi connectivity index (χ1v) is 6.24. The Kier molecular flexibility index (Phi) is 4.14. The number of hydrogen-bond donors (Lipinski definition) is 1. The van der Waals surface area contributed by atoms with Crippen molar-refractivity contribution in [3.8, 4) is 5.69 Å². The van der Waals surface area contributed by atoms with E-state index in [0.717, 1.165) is 0 Å². The minimum absolute atomic E-state index is 0.185. The third-order valence-electron chi connectivity index (χ3n) is 2.91. The van der Waals surface area contributed by atoms with Crippen LogP contribution in [0.4, 0.5) is 4.39 Å². The standard InChI is InChI=1S/C14H17FN4O/c1-16-9-10-11(15)5-4-6-13(10)19-8-7-12(17-19)14(20)18(2)3/h4-8,16H,9H2,1-3H3. The Morgan fingerprint density at radius 2 is 2.15 bits per heavy atom. The second-order valence-corrected chi connectivity index (χ2v) is 4.61. The zero-order valence-electron chi connectivity index (χ0n) is 11.7. The number of carbonyl (C=O) groups excluding carboxylic acids is 1. The van der Waals surface area contributed by atoms with Gasteiger partial charge >= 0.3 is 0 Å². The number of hydrogen-bond acceptors (Lipinski definition) is 3. The maximum Gasteiger partial charge on any atom is 0.273 e. The van der Waals surface area contributed by atoms with Crippen LogP contribution in [-0.2, 0) is 6.54 Å². The highest BCUT2D eigenvalue weighted by molar-refractivity contribution is 5.91. The Morgan fingerprint density at radius 1 is 1.40 bits per heavy atom. The number of aromatic nitrogens is 2. The van der Waals surface area contributed by atoms with E-state index in [1.54, 1.807) is 45.5 Å². The lowest BCUT2D eigenvalue weighted by Crippen LogP contribution is -2.22. The Bertz CT molecular complexity index is 621. The van der Waals surface area contributed by atoms with Crippen LogP contribution in [0.1, 0.15) is 16.1 Å². The van der Waals surface area contributed by atoms with E-state index in [0.29, 0.717) is 23.5 Å². The molecule has 0 aliphatic carbocycles. The van der Waals surface area contributed by atoms with E-state index < -0.39 is 0 Å². The van der Waals surface area contributed by atoms with E-state index in [9.17, 15) is 9.18 Å². The molecule has 0 saturated heterocycles. The molecule has 2 rings (SSSR count). The van der Waals surface area contributed by atoms with Crippen molar-refractivity contribution < 1.29 is 9.18 Å². The lowest BCUT2D eigenvalue weighted by molar-refractivity contribution is 0.0821. The Morgan fingerprint density at radius 3 is 2.80 bits per heavy atom. The molecule has 0 aliphatic rings. The topological polar surface area (TPSA) is 50.2 Å². The normalized spacial score (nSPS) is 10.6. The summed E-state index contributed by atoms with van der Waals surface area (Å²) in [6.07, 6.45) is 1.66. The molecule has 5 nitrogen and oxygen atoms in total. The van der Waals surface area contributed by atoms with Gasteiger partial charge in [-0.05, 0) is 25.2 Å². The van der Waals surface area contributed by atoms with Crippen LogP contribution in [0.5, 0.6) is 0 Å². The van der Waals surface area contributed by atoms with Gasteiger partial charge in [0, 0.05) is 32.4 Å². The second kappa shape index (κ2) is 5.83. The molecular formula is C14H17FN4O. The molecule has 106 valence electrons. The van der Waals surface area contributed by atoms with Gasteiger partial charge < -0.3 is 10.2 Å². The highest BCUT2D eigenvalue weighted by Crippen LogP contribution is 2.18. The number of rotatable bonds is 4. The summed E-state index contributed by atoms with van der Waals surface area (Å²) in [5.41, 5.74) is 1.47. The second-order valence-electron chi connectivity index (χ2n) is 4.61. The predicted octanol–water partition coefficient (Wildman–Crippen LogP) is 1.43. The Labute approximate surface area is 117 Å². The zero-order valence-corrected chi connectivity index (χ0v) is 11.7. The summed E-state index contributed by atoms with van der Waals surface area (Å²) in [7, 11) is 5.08. The van der Waals surface area contributed by atoms with E-state index >= 15 is 0 Å². The fraction of sp³-hybridized carbons (Fsp3) is 0.286. The van der Waals surface area contributed by atoms with Crippen molar-refractivity contribution in [2.75, 3.05) is 21.1 Å². The first-order valence-electron chi connectivity index (χ1n) is 6.24. The van der Waals surface area contributed by atoms with E-state index in [2.05, 4.69) is 10.4 Å². The highest BCUT2D eigenvalue weighted by atomic mass is 19.1. The summed E-state index contributed by atoms with van der Waals surface area (Å²) < 4.78 is 15.4. The molecule has 0 aliphatic heterocycles. The van der Waals surface area contributed by atoms with Crippen molar-refractivity contribution in [1.82, 2.24) is 20.0 Å². The van der Waals surface area contributed by atoms with Gasteiger partial charge in [-0.15, -0.1) is 0 Å². The predicted molar refractivity (Wildman–Crippen MR) is 74.3 cm³/mol. The van der Waals surface area contributed by atoms with Gasteiger partial charge in [0.05, 0.1) is 5.69 Å². The van der Waals surface area contributed by atoms with Crippen molar-refractivity contribution >= 4 is 5.91 Å². The van der Waals surface area contributed by atoms with Crippen LogP contribution in [0.25, 0.3) is 5.69 Å². The summed E-state index contributed by atoms with van der Waals surface area (Å²) in [6.45, 7) is 0.388. The van der Waals surface area contributed by atoms with Crippen LogP contribution >= 0.6 is 0 Å². The van der Waals surface area contributed by atoms with Gasteiger partial charge in [-0.3, -0.25) is 4.79 Å². The average molecular weight is 276 g/mol. The average Bonchev–Trinajstić information content (AvgIpc) is 2.89. The summed E-state index contributed by atoms with van der Waals surface area (Å²) in [5.74, 6) is -0.483. The smallest absolute Gasteiger partial charge is 0.273 e. The molecule has 0 radical (unpaired) electrons. The lowest BCUT2D eigenvalue weighted by atomic mass is 10.1. The van der Waals surface area contributed by atoms with Crippen molar-refractivity contribution in [2.24, 2.45) is 0 Å². The Hall–Kier alpha value is -2.21. The minimum Gasteiger partial charge on any atom is -0.343 e. The fourth-order valence-corrected chi connectivity index (χ4v) is 1.91. The third-order valence-corrected chi connectivity index (χ3v) is 2.91. The lowest BCUT2D eigenvalue weighted by Gasteiger charge is -2.10. The molecular weight excluding hydrogens is 259 g/mol. The largest absolute Gasteiger partial charge is 0.343 e. The summed E-state index contributed by atoms with van der Waals surface area (Å²) in [6, 6.07) is 6.42. The van der Waals surface area contributed by atoms with Crippen molar-refractivity contribution in [2.45, 2.75) is 6.54 Å². The highest BCUT2D eigenvalue weighted by Gasteiger charge is 2.14. The van der Waals surface area contributed by atoms with Crippen LogP contribution in [0.15, 0.2) is 30.5 Å². The minimum atomic E-state index is -0.298. The van der Waals surface area contributed by atoms with Gasteiger partial charge in [-0.2, -0.15) is 5.10 Å². The Balaban J connectivity index is 2.42. The molecule has 6 heteroatoms. The summed E-state index contributed by atoms with van der Waals surface area (Å²) in [4.78, 5) is 13.3. The first kappa shape index (κ1) is 14.2. The van der Waals surface area contributed by atoms with Crippen LogP contribution in [0, 0.1) is 5.82 Å². The molecule has 0 bridgehead atoms. The van der Waals surface area contributed by atoms with Gasteiger partial charge in [0.15, 0.2) is 5.69 Å². The fourth-order valence-electron chi connectivity index (χ4n) is 1.91. The van der Waals surface area contributed by atoms with Gasteiger partial charge in [0.25, 0.3) is 5.91 Å². The molecule has 20 heavy (non-hydrogen) atoms. The SMILES string of the molecule is CNCc1c(F)cccc1-n1ccc(C(=O)N(C)C)n1. The van der Waals surface area contributed by atoms with Crippen LogP contribution in [0.3, 0.4) is 0 Å². The molecule has 0 fully saturated rings. The van der Waals surface area contributed by atoms with E-state index in [1.165, 1.54) is 15.6 Å². The maximum atomic E-state index is 13.9. The van der Waals surface area contributed by atoms with Crippen LogP contribution in [0.2, 0.25) is 0 Å². The zero-order chi connectivity index (χ0) is 14.7.